The molecule has 104 valence electrons. The second-order valence-corrected chi connectivity index (χ2v) is 5.31. The van der Waals surface area contributed by atoms with Crippen LogP contribution in [0.25, 0.3) is 0 Å². The number of rotatable bonds is 3. The lowest BCUT2D eigenvalue weighted by Crippen LogP contribution is -2.34. The highest BCUT2D eigenvalue weighted by Crippen LogP contribution is 2.11. The summed E-state index contributed by atoms with van der Waals surface area (Å²) in [5, 5.41) is 5.68. The van der Waals surface area contributed by atoms with E-state index in [9.17, 15) is 14.0 Å². The SMILES string of the molecule is Cc1ncc(CNC(=O)C(=O)Nc2cccc(F)c2)s1. The number of hydrogen-bond acceptors (Lipinski definition) is 4. The van der Waals surface area contributed by atoms with Crippen LogP contribution in [0.1, 0.15) is 9.88 Å². The molecule has 5 nitrogen and oxygen atoms in total. The predicted molar refractivity (Wildman–Crippen MR) is 73.7 cm³/mol. The van der Waals surface area contributed by atoms with Crippen LogP contribution in [0.2, 0.25) is 0 Å². The molecule has 0 atom stereocenters. The topological polar surface area (TPSA) is 71.1 Å². The Hall–Kier alpha value is -2.28. The largest absolute Gasteiger partial charge is 0.343 e. The van der Waals surface area contributed by atoms with E-state index in [0.717, 1.165) is 16.0 Å². The summed E-state index contributed by atoms with van der Waals surface area (Å²) in [7, 11) is 0. The molecule has 0 aliphatic heterocycles. The fraction of sp³-hybridized carbons (Fsp3) is 0.154. The van der Waals surface area contributed by atoms with Crippen LogP contribution in [0, 0.1) is 12.7 Å². The van der Waals surface area contributed by atoms with Crippen molar-refractivity contribution >= 4 is 28.8 Å². The normalized spacial score (nSPS) is 10.1. The van der Waals surface area contributed by atoms with Gasteiger partial charge in [-0.3, -0.25) is 9.59 Å². The highest BCUT2D eigenvalue weighted by Gasteiger charge is 2.14. The number of hydrogen-bond donors (Lipinski definition) is 2. The summed E-state index contributed by atoms with van der Waals surface area (Å²) in [6.07, 6.45) is 1.64. The predicted octanol–water partition coefficient (Wildman–Crippen LogP) is 1.85. The van der Waals surface area contributed by atoms with Crippen molar-refractivity contribution in [3.05, 3.63) is 46.2 Å². The molecule has 7 heteroatoms. The molecule has 0 spiro atoms. The fourth-order valence-electron chi connectivity index (χ4n) is 1.49. The minimum atomic E-state index is -0.836. The molecule has 1 heterocycles. The van der Waals surface area contributed by atoms with E-state index in [1.165, 1.54) is 29.5 Å². The molecule has 0 aliphatic carbocycles. The quantitative estimate of drug-likeness (QED) is 0.848. The average Bonchev–Trinajstić information content (AvgIpc) is 2.81. The molecule has 2 N–H and O–H groups in total. The molecule has 0 saturated heterocycles. The third-order valence-corrected chi connectivity index (χ3v) is 3.29. The van der Waals surface area contributed by atoms with E-state index in [4.69, 9.17) is 0 Å². The molecule has 2 rings (SSSR count). The van der Waals surface area contributed by atoms with Crippen molar-refractivity contribution in [3.8, 4) is 0 Å². The summed E-state index contributed by atoms with van der Waals surface area (Å²) in [5.41, 5.74) is 0.235. The first-order chi connectivity index (χ1) is 9.54. The van der Waals surface area contributed by atoms with Gasteiger partial charge in [0.2, 0.25) is 0 Å². The molecule has 20 heavy (non-hydrogen) atoms. The van der Waals surface area contributed by atoms with Gasteiger partial charge in [0.25, 0.3) is 0 Å². The lowest BCUT2D eigenvalue weighted by molar-refractivity contribution is -0.136. The van der Waals surface area contributed by atoms with Crippen LogP contribution >= 0.6 is 11.3 Å². The zero-order chi connectivity index (χ0) is 14.5. The van der Waals surface area contributed by atoms with E-state index in [1.54, 1.807) is 6.20 Å². The Labute approximate surface area is 118 Å². The van der Waals surface area contributed by atoms with E-state index >= 15 is 0 Å². The summed E-state index contributed by atoms with van der Waals surface area (Å²) in [6.45, 7) is 2.09. The first kappa shape index (κ1) is 14.1. The van der Waals surface area contributed by atoms with Crippen molar-refractivity contribution in [1.82, 2.24) is 10.3 Å². The van der Waals surface area contributed by atoms with Crippen LogP contribution in [-0.2, 0) is 16.1 Å². The van der Waals surface area contributed by atoms with E-state index in [-0.39, 0.29) is 12.2 Å². The minimum Gasteiger partial charge on any atom is -0.343 e. The van der Waals surface area contributed by atoms with Crippen molar-refractivity contribution in [2.45, 2.75) is 13.5 Å². The molecule has 0 unspecified atom stereocenters. The fourth-order valence-corrected chi connectivity index (χ4v) is 2.22. The molecule has 1 aromatic heterocycles. The molecule has 0 saturated carbocycles. The van der Waals surface area contributed by atoms with Crippen LogP contribution in [0.15, 0.2) is 30.5 Å². The lowest BCUT2D eigenvalue weighted by atomic mass is 10.3. The number of aryl methyl sites for hydroxylation is 1. The lowest BCUT2D eigenvalue weighted by Gasteiger charge is -2.05. The van der Waals surface area contributed by atoms with Gasteiger partial charge in [0.15, 0.2) is 0 Å². The molecule has 0 fully saturated rings. The number of amides is 2. The molecule has 1 aromatic carbocycles. The van der Waals surface area contributed by atoms with Crippen LogP contribution in [0.4, 0.5) is 10.1 Å². The van der Waals surface area contributed by atoms with Gasteiger partial charge in [0, 0.05) is 16.8 Å². The average molecular weight is 293 g/mol. The number of benzene rings is 1. The third kappa shape index (κ3) is 3.86. The second kappa shape index (κ2) is 6.25. The number of carbonyl (C=O) groups is 2. The smallest absolute Gasteiger partial charge is 0.313 e. The molecule has 2 amide bonds. The van der Waals surface area contributed by atoms with Crippen LogP contribution in [-0.4, -0.2) is 16.8 Å². The Balaban J connectivity index is 1.87. The van der Waals surface area contributed by atoms with Gasteiger partial charge in [0.1, 0.15) is 5.82 Å². The Bertz CT molecular complexity index is 642. The maximum absolute atomic E-state index is 12.9. The van der Waals surface area contributed by atoms with Crippen LogP contribution in [0.5, 0.6) is 0 Å². The van der Waals surface area contributed by atoms with Crippen molar-refractivity contribution in [2.75, 3.05) is 5.32 Å². The molecular weight excluding hydrogens is 281 g/mol. The van der Waals surface area contributed by atoms with E-state index in [1.807, 2.05) is 6.92 Å². The van der Waals surface area contributed by atoms with Crippen LogP contribution in [0.3, 0.4) is 0 Å². The van der Waals surface area contributed by atoms with Gasteiger partial charge in [-0.25, -0.2) is 9.37 Å². The van der Waals surface area contributed by atoms with Crippen molar-refractivity contribution in [3.63, 3.8) is 0 Å². The summed E-state index contributed by atoms with van der Waals surface area (Å²) in [4.78, 5) is 28.1. The number of anilines is 1. The summed E-state index contributed by atoms with van der Waals surface area (Å²) in [5.74, 6) is -2.10. The summed E-state index contributed by atoms with van der Waals surface area (Å²) in [6, 6.07) is 5.34. The van der Waals surface area contributed by atoms with Gasteiger partial charge >= 0.3 is 11.8 Å². The van der Waals surface area contributed by atoms with E-state index in [0.29, 0.717) is 0 Å². The second-order valence-electron chi connectivity index (χ2n) is 3.99. The Morgan fingerprint density at radius 1 is 1.35 bits per heavy atom. The zero-order valence-corrected chi connectivity index (χ0v) is 11.5. The first-order valence-electron chi connectivity index (χ1n) is 5.80. The van der Waals surface area contributed by atoms with Gasteiger partial charge in [-0.15, -0.1) is 11.3 Å². The standard InChI is InChI=1S/C13H12FN3O2S/c1-8-15-6-11(20-8)7-16-12(18)13(19)17-10-4-2-3-9(14)5-10/h2-6H,7H2,1H3,(H,16,18)(H,17,19). The highest BCUT2D eigenvalue weighted by atomic mass is 32.1. The van der Waals surface area contributed by atoms with Crippen LogP contribution < -0.4 is 10.6 Å². The maximum atomic E-state index is 12.9. The maximum Gasteiger partial charge on any atom is 0.313 e. The summed E-state index contributed by atoms with van der Waals surface area (Å²) >= 11 is 1.44. The third-order valence-electron chi connectivity index (χ3n) is 2.38. The van der Waals surface area contributed by atoms with Gasteiger partial charge in [-0.05, 0) is 25.1 Å². The zero-order valence-electron chi connectivity index (χ0n) is 10.6. The molecular formula is C13H12FN3O2S. The monoisotopic (exact) mass is 293 g/mol. The van der Waals surface area contributed by atoms with Crippen molar-refractivity contribution in [1.29, 1.82) is 0 Å². The van der Waals surface area contributed by atoms with Crippen molar-refractivity contribution < 1.29 is 14.0 Å². The highest BCUT2D eigenvalue weighted by molar-refractivity contribution is 7.11. The van der Waals surface area contributed by atoms with E-state index in [2.05, 4.69) is 15.6 Å². The minimum absolute atomic E-state index is 0.235. The van der Waals surface area contributed by atoms with Gasteiger partial charge in [-0.2, -0.15) is 0 Å². The number of nitrogens with zero attached hydrogens (tertiary/aromatic N) is 1. The summed E-state index contributed by atoms with van der Waals surface area (Å²) < 4.78 is 12.9. The Kier molecular flexibility index (Phi) is 4.41. The van der Waals surface area contributed by atoms with Gasteiger partial charge in [-0.1, -0.05) is 6.07 Å². The molecule has 0 radical (unpaired) electrons. The van der Waals surface area contributed by atoms with E-state index < -0.39 is 17.6 Å². The number of carbonyl (C=O) groups excluding carboxylic acids is 2. The van der Waals surface area contributed by atoms with Gasteiger partial charge < -0.3 is 10.6 Å². The van der Waals surface area contributed by atoms with Gasteiger partial charge in [0.05, 0.1) is 11.6 Å². The molecule has 0 aliphatic rings. The van der Waals surface area contributed by atoms with Crippen molar-refractivity contribution in [2.24, 2.45) is 0 Å². The molecule has 0 bridgehead atoms. The number of nitrogens with one attached hydrogen (secondary N) is 2. The first-order valence-corrected chi connectivity index (χ1v) is 6.62. The molecule has 2 aromatic rings. The number of halogens is 1. The number of thiazole rings is 1. The number of aromatic nitrogens is 1. The Morgan fingerprint density at radius 3 is 2.80 bits per heavy atom. The Morgan fingerprint density at radius 2 is 2.15 bits per heavy atom.